The quantitative estimate of drug-likeness (QED) is 0.778. The van der Waals surface area contributed by atoms with E-state index in [2.05, 4.69) is 0 Å². The molecule has 2 rings (SSSR count). The Morgan fingerprint density at radius 3 is 2.11 bits per heavy atom. The van der Waals surface area contributed by atoms with Crippen molar-refractivity contribution in [3.05, 3.63) is 35.6 Å². The van der Waals surface area contributed by atoms with Crippen molar-refractivity contribution in [2.24, 2.45) is 5.73 Å². The van der Waals surface area contributed by atoms with Crippen LogP contribution in [0.1, 0.15) is 12.0 Å². The van der Waals surface area contributed by atoms with Gasteiger partial charge in [0, 0.05) is 18.0 Å². The molecule has 0 aromatic heterocycles. The summed E-state index contributed by atoms with van der Waals surface area (Å²) in [6.45, 7) is 0. The lowest BCUT2D eigenvalue weighted by Crippen LogP contribution is -2.21. The average molecular weight is 283 g/mol. The number of aliphatic carboxylic acids is 1. The van der Waals surface area contributed by atoms with Crippen LogP contribution in [-0.2, 0) is 10.5 Å². The summed E-state index contributed by atoms with van der Waals surface area (Å²) in [6.07, 6.45) is -4.85. The van der Waals surface area contributed by atoms with E-state index in [-0.39, 0.29) is 12.0 Å². The minimum Gasteiger partial charge on any atom is -0.475 e. The number of rotatable bonds is 1. The Balaban J connectivity index is 0.000000224. The molecule has 1 aromatic rings. The van der Waals surface area contributed by atoms with Crippen molar-refractivity contribution >= 4 is 5.97 Å². The molecular weight excluding hydrogens is 273 g/mol. The molecule has 0 saturated heterocycles. The van der Waals surface area contributed by atoms with E-state index in [1.807, 2.05) is 0 Å². The van der Waals surface area contributed by atoms with Gasteiger partial charge in [0.15, 0.2) is 5.67 Å². The lowest BCUT2D eigenvalue weighted by atomic mass is 10.1. The van der Waals surface area contributed by atoms with Crippen LogP contribution in [-0.4, -0.2) is 23.3 Å². The third kappa shape index (κ3) is 3.63. The Morgan fingerprint density at radius 2 is 1.79 bits per heavy atom. The molecule has 2 unspecified atom stereocenters. The highest BCUT2D eigenvalue weighted by atomic mass is 19.4. The van der Waals surface area contributed by atoms with E-state index in [0.717, 1.165) is 0 Å². The lowest BCUT2D eigenvalue weighted by molar-refractivity contribution is -0.192. The van der Waals surface area contributed by atoms with Crippen LogP contribution >= 0.6 is 0 Å². The number of benzene rings is 1. The van der Waals surface area contributed by atoms with Gasteiger partial charge < -0.3 is 10.8 Å². The first-order valence-corrected chi connectivity index (χ1v) is 5.08. The van der Waals surface area contributed by atoms with Crippen molar-refractivity contribution in [1.82, 2.24) is 0 Å². The maximum atomic E-state index is 13.5. The van der Waals surface area contributed by atoms with Crippen molar-refractivity contribution in [1.29, 1.82) is 0 Å². The van der Waals surface area contributed by atoms with Gasteiger partial charge in [-0.2, -0.15) is 13.2 Å². The number of hydrogen-bond donors (Lipinski definition) is 2. The van der Waals surface area contributed by atoms with E-state index in [1.54, 1.807) is 6.07 Å². The molecule has 1 aliphatic carbocycles. The molecule has 1 fully saturated rings. The summed E-state index contributed by atoms with van der Waals surface area (Å²) in [6, 6.07) is 5.32. The van der Waals surface area contributed by atoms with Gasteiger partial charge in [0.25, 0.3) is 0 Å². The van der Waals surface area contributed by atoms with Gasteiger partial charge in [0.1, 0.15) is 5.82 Å². The molecule has 0 aliphatic heterocycles. The molecule has 0 spiro atoms. The first kappa shape index (κ1) is 15.4. The maximum Gasteiger partial charge on any atom is 0.490 e. The highest BCUT2D eigenvalue weighted by Crippen LogP contribution is 2.49. The van der Waals surface area contributed by atoms with Gasteiger partial charge in [0.05, 0.1) is 0 Å². The predicted octanol–water partition coefficient (Wildman–Crippen LogP) is 2.35. The molecule has 3 nitrogen and oxygen atoms in total. The fraction of sp³-hybridized carbons (Fsp3) is 0.364. The van der Waals surface area contributed by atoms with Crippen molar-refractivity contribution < 1.29 is 31.9 Å². The maximum absolute atomic E-state index is 13.5. The fourth-order valence-corrected chi connectivity index (χ4v) is 1.37. The van der Waals surface area contributed by atoms with E-state index >= 15 is 0 Å². The van der Waals surface area contributed by atoms with Crippen LogP contribution in [0.25, 0.3) is 0 Å². The van der Waals surface area contributed by atoms with E-state index in [0.29, 0.717) is 0 Å². The molecule has 0 bridgehead atoms. The molecule has 2 atom stereocenters. The second kappa shape index (κ2) is 5.12. The summed E-state index contributed by atoms with van der Waals surface area (Å²) in [7, 11) is 0. The van der Waals surface area contributed by atoms with E-state index in [9.17, 15) is 22.0 Å². The molecule has 0 radical (unpaired) electrons. The SMILES string of the molecule is NC1CC1(F)c1ccccc1F.O=C(O)C(F)(F)F. The van der Waals surface area contributed by atoms with Crippen LogP contribution in [0.2, 0.25) is 0 Å². The number of alkyl halides is 4. The molecule has 19 heavy (non-hydrogen) atoms. The van der Waals surface area contributed by atoms with E-state index in [4.69, 9.17) is 15.6 Å². The predicted molar refractivity (Wildman–Crippen MR) is 55.5 cm³/mol. The summed E-state index contributed by atoms with van der Waals surface area (Å²) in [5.41, 5.74) is 3.85. The first-order chi connectivity index (χ1) is 8.59. The van der Waals surface area contributed by atoms with E-state index in [1.165, 1.54) is 18.2 Å². The minimum absolute atomic E-state index is 0.0949. The van der Waals surface area contributed by atoms with Crippen molar-refractivity contribution in [3.8, 4) is 0 Å². The van der Waals surface area contributed by atoms with Crippen molar-refractivity contribution in [2.45, 2.75) is 24.3 Å². The second-order valence-electron chi connectivity index (χ2n) is 3.96. The highest BCUT2D eigenvalue weighted by molar-refractivity contribution is 5.73. The van der Waals surface area contributed by atoms with Gasteiger partial charge in [0.2, 0.25) is 0 Å². The Morgan fingerprint density at radius 1 is 1.37 bits per heavy atom. The van der Waals surface area contributed by atoms with Crippen LogP contribution < -0.4 is 5.73 Å². The molecule has 1 aromatic carbocycles. The molecule has 0 heterocycles. The summed E-state index contributed by atoms with van der Waals surface area (Å²) in [4.78, 5) is 8.90. The van der Waals surface area contributed by atoms with Crippen LogP contribution in [0.15, 0.2) is 24.3 Å². The Hall–Kier alpha value is -1.70. The van der Waals surface area contributed by atoms with Crippen LogP contribution in [0.3, 0.4) is 0 Å². The van der Waals surface area contributed by atoms with Gasteiger partial charge in [-0.15, -0.1) is 0 Å². The molecule has 1 saturated carbocycles. The second-order valence-corrected chi connectivity index (χ2v) is 3.96. The summed E-state index contributed by atoms with van der Waals surface area (Å²) in [5.74, 6) is -3.26. The van der Waals surface area contributed by atoms with Crippen LogP contribution in [0.5, 0.6) is 0 Å². The molecule has 106 valence electrons. The summed E-state index contributed by atoms with van der Waals surface area (Å²) in [5, 5.41) is 7.12. The number of halogens is 5. The van der Waals surface area contributed by atoms with Crippen molar-refractivity contribution in [2.75, 3.05) is 0 Å². The standard InChI is InChI=1S/C9H9F2N.C2HF3O2/c10-7-4-2-1-3-6(7)9(11)5-8(9)12;3-2(4,5)1(6)7/h1-4,8H,5,12H2;(H,6,7). The van der Waals surface area contributed by atoms with Gasteiger partial charge in [-0.25, -0.2) is 13.6 Å². The molecule has 8 heteroatoms. The Kier molecular flexibility index (Phi) is 4.14. The van der Waals surface area contributed by atoms with Crippen molar-refractivity contribution in [3.63, 3.8) is 0 Å². The number of nitrogens with two attached hydrogens (primary N) is 1. The molecule has 0 amide bonds. The Labute approximate surface area is 104 Å². The van der Waals surface area contributed by atoms with Crippen LogP contribution in [0.4, 0.5) is 22.0 Å². The number of carboxylic acids is 1. The van der Waals surface area contributed by atoms with E-state index < -0.39 is 29.7 Å². The van der Waals surface area contributed by atoms with Gasteiger partial charge in [-0.3, -0.25) is 0 Å². The monoisotopic (exact) mass is 283 g/mol. The summed E-state index contributed by atoms with van der Waals surface area (Å²) >= 11 is 0. The van der Waals surface area contributed by atoms with Gasteiger partial charge in [-0.1, -0.05) is 18.2 Å². The third-order valence-corrected chi connectivity index (χ3v) is 2.51. The van der Waals surface area contributed by atoms with Gasteiger partial charge in [-0.05, 0) is 6.07 Å². The molecule has 1 aliphatic rings. The Bertz CT molecular complexity index is 476. The number of carboxylic acid groups (broad SMARTS) is 1. The fourth-order valence-electron chi connectivity index (χ4n) is 1.37. The summed E-state index contributed by atoms with van der Waals surface area (Å²) < 4.78 is 58.3. The number of carbonyl (C=O) groups is 1. The molecule has 3 N–H and O–H groups in total. The van der Waals surface area contributed by atoms with Crippen LogP contribution in [0, 0.1) is 5.82 Å². The van der Waals surface area contributed by atoms with Gasteiger partial charge >= 0.3 is 12.1 Å². The zero-order valence-electron chi connectivity index (χ0n) is 9.42. The smallest absolute Gasteiger partial charge is 0.475 e. The largest absolute Gasteiger partial charge is 0.490 e. The normalized spacial score (nSPS) is 25.3. The average Bonchev–Trinajstić information content (AvgIpc) is 2.88. The lowest BCUT2D eigenvalue weighted by Gasteiger charge is -2.06. The highest BCUT2D eigenvalue weighted by Gasteiger charge is 2.55. The number of hydrogen-bond acceptors (Lipinski definition) is 2. The minimum atomic E-state index is -5.08. The third-order valence-electron chi connectivity index (χ3n) is 2.51. The zero-order valence-corrected chi connectivity index (χ0v) is 9.42. The molecular formula is C11H10F5NO2. The zero-order chi connectivity index (χ0) is 14.8. The topological polar surface area (TPSA) is 63.3 Å². The first-order valence-electron chi connectivity index (χ1n) is 5.08.